The van der Waals surface area contributed by atoms with E-state index in [0.717, 1.165) is 16.6 Å². The van der Waals surface area contributed by atoms with E-state index in [2.05, 4.69) is 21.8 Å². The molecule has 0 spiro atoms. The summed E-state index contributed by atoms with van der Waals surface area (Å²) in [6.45, 7) is 6.20. The topological polar surface area (TPSA) is 99.6 Å². The molecule has 2 aromatic heterocycles. The Morgan fingerprint density at radius 2 is 1.90 bits per heavy atom. The van der Waals surface area contributed by atoms with E-state index in [-0.39, 0.29) is 30.0 Å². The molecule has 0 bridgehead atoms. The molecule has 0 saturated carbocycles. The summed E-state index contributed by atoms with van der Waals surface area (Å²) in [4.78, 5) is 30.3. The third kappa shape index (κ3) is 5.99. The zero-order valence-corrected chi connectivity index (χ0v) is 22.6. The zero-order valence-electron chi connectivity index (χ0n) is 22.6. The van der Waals surface area contributed by atoms with E-state index in [1.165, 1.54) is 7.11 Å². The van der Waals surface area contributed by atoms with E-state index >= 15 is 0 Å². The lowest BCUT2D eigenvalue weighted by molar-refractivity contribution is -0.208. The number of H-pyrrole nitrogens is 1. The lowest BCUT2D eigenvalue weighted by atomic mass is 9.89. The molecule has 1 aromatic carbocycles. The Kier molecular flexibility index (Phi) is 8.41. The number of pyridine rings is 1. The van der Waals surface area contributed by atoms with Gasteiger partial charge in [0.05, 0.1) is 24.8 Å². The van der Waals surface area contributed by atoms with Crippen LogP contribution in [0.15, 0.2) is 35.1 Å². The number of alkyl halides is 3. The summed E-state index contributed by atoms with van der Waals surface area (Å²) in [5, 5.41) is 13.1. The van der Waals surface area contributed by atoms with Gasteiger partial charge >= 0.3 is 6.18 Å². The van der Waals surface area contributed by atoms with Crippen molar-refractivity contribution in [3.05, 3.63) is 63.2 Å². The maximum absolute atomic E-state index is 13.5. The molecule has 1 fully saturated rings. The number of aromatic amines is 1. The molecule has 0 aliphatic carbocycles. The first-order chi connectivity index (χ1) is 18.4. The molecule has 0 radical (unpaired) electrons. The second kappa shape index (κ2) is 11.4. The van der Waals surface area contributed by atoms with Gasteiger partial charge < -0.3 is 29.6 Å². The van der Waals surface area contributed by atoms with Gasteiger partial charge in [-0.2, -0.15) is 13.2 Å². The average molecular weight is 549 g/mol. The number of aliphatic hydroxyl groups is 1. The number of aliphatic hydroxyl groups excluding tert-OH is 1. The quantitative estimate of drug-likeness (QED) is 0.394. The van der Waals surface area contributed by atoms with E-state index in [1.807, 2.05) is 31.2 Å². The SMILES string of the molecule is COc1cc(C)[nH]c(=O)c1CNC(=O)c1c(C)n([C@H](C)C2CCN(C[C@H](O)C(F)(F)F)CC2)c2ccccc12. The normalized spacial score (nSPS) is 16.8. The monoisotopic (exact) mass is 548 g/mol. The highest BCUT2D eigenvalue weighted by Gasteiger charge is 2.40. The maximum Gasteiger partial charge on any atom is 0.415 e. The minimum absolute atomic E-state index is 0.00560. The summed E-state index contributed by atoms with van der Waals surface area (Å²) in [5.41, 5.74) is 2.85. The summed E-state index contributed by atoms with van der Waals surface area (Å²) >= 11 is 0. The van der Waals surface area contributed by atoms with Crippen molar-refractivity contribution >= 4 is 16.8 Å². The molecule has 1 saturated heterocycles. The number of nitrogens with zero attached hydrogens (tertiary/aromatic N) is 2. The molecule has 3 aromatic rings. The number of aryl methyl sites for hydroxylation is 1. The van der Waals surface area contributed by atoms with Crippen LogP contribution in [-0.2, 0) is 6.54 Å². The highest BCUT2D eigenvalue weighted by molar-refractivity contribution is 6.08. The number of rotatable bonds is 8. The van der Waals surface area contributed by atoms with Crippen LogP contribution in [-0.4, -0.2) is 64.5 Å². The molecule has 39 heavy (non-hydrogen) atoms. The Morgan fingerprint density at radius 3 is 2.54 bits per heavy atom. The molecule has 3 heterocycles. The summed E-state index contributed by atoms with van der Waals surface area (Å²) in [6.07, 6.45) is -5.62. The molecule has 1 aliphatic rings. The number of piperidine rings is 1. The van der Waals surface area contributed by atoms with Crippen molar-refractivity contribution in [1.82, 2.24) is 19.8 Å². The highest BCUT2D eigenvalue weighted by Crippen LogP contribution is 2.36. The third-order valence-corrected chi connectivity index (χ3v) is 7.79. The highest BCUT2D eigenvalue weighted by atomic mass is 19.4. The predicted molar refractivity (Wildman–Crippen MR) is 142 cm³/mol. The van der Waals surface area contributed by atoms with Gasteiger partial charge in [0.1, 0.15) is 5.75 Å². The van der Waals surface area contributed by atoms with Crippen molar-refractivity contribution in [3.8, 4) is 5.75 Å². The van der Waals surface area contributed by atoms with Gasteiger partial charge in [0.25, 0.3) is 11.5 Å². The van der Waals surface area contributed by atoms with Crippen LogP contribution in [0.5, 0.6) is 5.75 Å². The van der Waals surface area contributed by atoms with Crippen molar-refractivity contribution in [2.45, 2.75) is 58.5 Å². The fourth-order valence-electron chi connectivity index (χ4n) is 5.67. The van der Waals surface area contributed by atoms with E-state index in [1.54, 1.807) is 17.9 Å². The number of carbonyl (C=O) groups excluding carboxylic acids is 1. The summed E-state index contributed by atoms with van der Waals surface area (Å²) in [7, 11) is 1.47. The lowest BCUT2D eigenvalue weighted by Gasteiger charge is -2.37. The van der Waals surface area contributed by atoms with Crippen molar-refractivity contribution in [3.63, 3.8) is 0 Å². The Labute approximate surface area is 224 Å². The van der Waals surface area contributed by atoms with Crippen molar-refractivity contribution in [2.75, 3.05) is 26.7 Å². The van der Waals surface area contributed by atoms with E-state index in [0.29, 0.717) is 48.5 Å². The number of ether oxygens (including phenoxy) is 1. The molecule has 0 unspecified atom stereocenters. The summed E-state index contributed by atoms with van der Waals surface area (Å²) in [6, 6.07) is 9.32. The number of halogens is 3. The maximum atomic E-state index is 13.5. The first kappa shape index (κ1) is 28.7. The molecule has 212 valence electrons. The van der Waals surface area contributed by atoms with Gasteiger partial charge in [-0.25, -0.2) is 0 Å². The molecule has 1 amide bonds. The van der Waals surface area contributed by atoms with Crippen molar-refractivity contribution in [1.29, 1.82) is 0 Å². The van der Waals surface area contributed by atoms with E-state index < -0.39 is 18.8 Å². The third-order valence-electron chi connectivity index (χ3n) is 7.79. The van der Waals surface area contributed by atoms with Crippen LogP contribution in [0.2, 0.25) is 0 Å². The zero-order chi connectivity index (χ0) is 28.5. The van der Waals surface area contributed by atoms with Crippen LogP contribution < -0.4 is 15.6 Å². The number of para-hydroxylation sites is 1. The van der Waals surface area contributed by atoms with Crippen LogP contribution in [0.3, 0.4) is 0 Å². The second-order valence-electron chi connectivity index (χ2n) is 10.3. The first-order valence-corrected chi connectivity index (χ1v) is 13.0. The molecule has 1 aliphatic heterocycles. The van der Waals surface area contributed by atoms with Crippen LogP contribution in [0.25, 0.3) is 10.9 Å². The molecule has 11 heteroatoms. The van der Waals surface area contributed by atoms with Crippen LogP contribution in [0, 0.1) is 19.8 Å². The number of likely N-dealkylation sites (tertiary alicyclic amines) is 1. The molecular weight excluding hydrogens is 513 g/mol. The predicted octanol–water partition coefficient (Wildman–Crippen LogP) is 4.08. The van der Waals surface area contributed by atoms with Gasteiger partial charge in [-0.15, -0.1) is 0 Å². The van der Waals surface area contributed by atoms with Gasteiger partial charge in [0.15, 0.2) is 6.10 Å². The number of benzene rings is 1. The van der Waals surface area contributed by atoms with Crippen molar-refractivity contribution in [2.24, 2.45) is 5.92 Å². The Balaban J connectivity index is 1.54. The second-order valence-corrected chi connectivity index (χ2v) is 10.3. The van der Waals surface area contributed by atoms with Crippen LogP contribution in [0.1, 0.15) is 53.1 Å². The number of aromatic nitrogens is 2. The number of carbonyl (C=O) groups is 1. The number of hydrogen-bond donors (Lipinski definition) is 3. The number of β-amino-alcohol motifs (C(OH)–C–C–N with tert-alkyl or cyclic N) is 1. The molecular formula is C28H35F3N4O4. The van der Waals surface area contributed by atoms with Crippen LogP contribution in [0.4, 0.5) is 13.2 Å². The summed E-state index contributed by atoms with van der Waals surface area (Å²) < 4.78 is 45.8. The van der Waals surface area contributed by atoms with Gasteiger partial charge in [-0.05, 0) is 64.8 Å². The lowest BCUT2D eigenvalue weighted by Crippen LogP contribution is -2.45. The summed E-state index contributed by atoms with van der Waals surface area (Å²) in [5.74, 6) is 0.274. The Morgan fingerprint density at radius 1 is 1.23 bits per heavy atom. The number of methoxy groups -OCH3 is 1. The van der Waals surface area contributed by atoms with Crippen LogP contribution >= 0.6 is 0 Å². The number of fused-ring (bicyclic) bond motifs is 1. The van der Waals surface area contributed by atoms with Crippen molar-refractivity contribution < 1.29 is 27.8 Å². The number of amides is 1. The first-order valence-electron chi connectivity index (χ1n) is 13.0. The number of hydrogen-bond acceptors (Lipinski definition) is 5. The molecule has 2 atom stereocenters. The average Bonchev–Trinajstić information content (AvgIpc) is 3.18. The standard InChI is InChI=1S/C28H35F3N4O4/c1-16-13-23(39-4)21(26(37)33-16)14-32-27(38)25-18(3)35(22-8-6-5-7-20(22)25)17(2)19-9-11-34(12-10-19)15-24(36)28(29,30)31/h5-8,13,17,19,24,36H,9-12,14-15H2,1-4H3,(H,32,38)(H,33,37)/t17-,24+/m1/s1. The minimum Gasteiger partial charge on any atom is -0.496 e. The molecule has 3 N–H and O–H groups in total. The van der Waals surface area contributed by atoms with Gasteiger partial charge in [0.2, 0.25) is 0 Å². The largest absolute Gasteiger partial charge is 0.496 e. The fraction of sp³-hybridized carbons (Fsp3) is 0.500. The van der Waals surface area contributed by atoms with E-state index in [9.17, 15) is 27.9 Å². The smallest absolute Gasteiger partial charge is 0.415 e. The van der Waals surface area contributed by atoms with Gasteiger partial charge in [-0.3, -0.25) is 9.59 Å². The van der Waals surface area contributed by atoms with E-state index in [4.69, 9.17) is 4.74 Å². The van der Waals surface area contributed by atoms with Gasteiger partial charge in [0, 0.05) is 34.9 Å². The Bertz CT molecular complexity index is 1390. The number of nitrogens with one attached hydrogen (secondary N) is 2. The fourth-order valence-corrected chi connectivity index (χ4v) is 5.67. The Hall–Kier alpha value is -3.31. The van der Waals surface area contributed by atoms with Gasteiger partial charge in [-0.1, -0.05) is 18.2 Å². The molecule has 4 rings (SSSR count). The molecule has 8 nitrogen and oxygen atoms in total. The minimum atomic E-state index is -4.62.